The molecule has 0 heterocycles. The minimum atomic E-state index is -0.833. The first-order chi connectivity index (χ1) is 13.2. The molecule has 1 atom stereocenters. The molecule has 0 saturated heterocycles. The van der Waals surface area contributed by atoms with Crippen LogP contribution in [-0.2, 0) is 14.3 Å². The molecule has 28 heavy (non-hydrogen) atoms. The molecule has 0 aromatic heterocycles. The number of likely N-dealkylation sites (N-methyl/N-ethyl adjacent to an activating group) is 1. The molecule has 0 bridgehead atoms. The largest absolute Gasteiger partial charge is 0.481 e. The average molecular weight is 385 g/mol. The maximum atomic E-state index is 12.5. The molecule has 1 unspecified atom stereocenters. The van der Waals surface area contributed by atoms with E-state index < -0.39 is 11.9 Å². The van der Waals surface area contributed by atoms with Crippen LogP contribution in [0.5, 0.6) is 0 Å². The van der Waals surface area contributed by atoms with Crippen molar-refractivity contribution >= 4 is 17.7 Å². The molecule has 2 rings (SSSR count). The van der Waals surface area contributed by atoms with Crippen molar-refractivity contribution in [2.24, 2.45) is 0 Å². The summed E-state index contributed by atoms with van der Waals surface area (Å²) in [7, 11) is 3.85. The fourth-order valence-corrected chi connectivity index (χ4v) is 2.30. The van der Waals surface area contributed by atoms with Crippen molar-refractivity contribution in [3.05, 3.63) is 71.3 Å². The summed E-state index contributed by atoms with van der Waals surface area (Å²) in [6, 6.07) is 16.3. The van der Waals surface area contributed by atoms with Gasteiger partial charge in [0.25, 0.3) is 5.97 Å². The lowest BCUT2D eigenvalue weighted by Crippen LogP contribution is -2.22. The van der Waals surface area contributed by atoms with E-state index in [-0.39, 0.29) is 11.8 Å². The molecule has 0 aliphatic carbocycles. The van der Waals surface area contributed by atoms with E-state index in [9.17, 15) is 9.59 Å². The van der Waals surface area contributed by atoms with Crippen LogP contribution in [0.15, 0.2) is 54.6 Å². The molecule has 2 aromatic rings. The van der Waals surface area contributed by atoms with Crippen LogP contribution in [0.25, 0.3) is 0 Å². The molecule has 6 nitrogen and oxygen atoms in total. The number of carboxylic acids is 1. The minimum Gasteiger partial charge on any atom is -0.481 e. The van der Waals surface area contributed by atoms with Crippen molar-refractivity contribution in [2.75, 3.05) is 27.2 Å². The smallest absolute Gasteiger partial charge is 0.313 e. The number of carbonyl (C=O) groups excluding carboxylic acids is 2. The van der Waals surface area contributed by atoms with E-state index in [4.69, 9.17) is 14.6 Å². The van der Waals surface area contributed by atoms with Gasteiger partial charge in [0.2, 0.25) is 0 Å². The maximum Gasteiger partial charge on any atom is 0.313 e. The highest BCUT2D eigenvalue weighted by atomic mass is 16.5. The number of esters is 1. The van der Waals surface area contributed by atoms with Crippen LogP contribution in [0.3, 0.4) is 0 Å². The molecule has 150 valence electrons. The number of carbonyl (C=O) groups is 3. The van der Waals surface area contributed by atoms with E-state index in [0.717, 1.165) is 12.5 Å². The number of ether oxygens (including phenoxy) is 1. The van der Waals surface area contributed by atoms with Crippen LogP contribution >= 0.6 is 0 Å². The molecule has 0 fully saturated rings. The van der Waals surface area contributed by atoms with E-state index in [1.165, 1.54) is 0 Å². The zero-order valence-corrected chi connectivity index (χ0v) is 16.7. The highest BCUT2D eigenvalue weighted by Gasteiger charge is 2.18. The van der Waals surface area contributed by atoms with Gasteiger partial charge >= 0.3 is 5.97 Å². The topological polar surface area (TPSA) is 83.9 Å². The molecular formula is C22H27NO5. The number of rotatable bonds is 7. The van der Waals surface area contributed by atoms with E-state index in [1.807, 2.05) is 43.3 Å². The Morgan fingerprint density at radius 1 is 1.00 bits per heavy atom. The first-order valence-electron chi connectivity index (χ1n) is 8.93. The van der Waals surface area contributed by atoms with Crippen LogP contribution in [0.1, 0.15) is 41.3 Å². The Kier molecular flexibility index (Phi) is 9.60. The Labute approximate surface area is 165 Å². The first kappa shape index (κ1) is 23.0. The summed E-state index contributed by atoms with van der Waals surface area (Å²) in [5, 5.41) is 7.42. The molecule has 1 N–H and O–H groups in total. The molecule has 0 saturated carbocycles. The lowest BCUT2D eigenvalue weighted by atomic mass is 9.96. The van der Waals surface area contributed by atoms with Crippen molar-refractivity contribution in [3.8, 4) is 0 Å². The molecule has 0 aliphatic rings. The SMILES string of the molecule is CC(=O)O.CC(C(=O)OCCN(C)C)c1cccc(C(=O)c2ccccc2)c1. The zero-order chi connectivity index (χ0) is 21.1. The van der Waals surface area contributed by atoms with Crippen LogP contribution in [0.2, 0.25) is 0 Å². The molecule has 2 aromatic carbocycles. The molecule has 0 aliphatic heterocycles. The fourth-order valence-electron chi connectivity index (χ4n) is 2.30. The summed E-state index contributed by atoms with van der Waals surface area (Å²) in [4.78, 5) is 35.6. The Balaban J connectivity index is 0.000000892. The Hall–Kier alpha value is -2.99. The van der Waals surface area contributed by atoms with Gasteiger partial charge in [-0.15, -0.1) is 0 Å². The van der Waals surface area contributed by atoms with Crippen molar-refractivity contribution in [1.29, 1.82) is 0 Å². The van der Waals surface area contributed by atoms with Crippen molar-refractivity contribution in [3.63, 3.8) is 0 Å². The summed E-state index contributed by atoms with van der Waals surface area (Å²) in [5.74, 6) is -1.57. The third kappa shape index (κ3) is 8.14. The second kappa shape index (κ2) is 11.7. The standard InChI is InChI=1S/C20H23NO3.C2H4O2/c1-15(20(23)24-13-12-21(2)3)17-10-7-11-18(14-17)19(22)16-8-5-4-6-9-16;1-2(3)4/h4-11,14-15H,12-13H2,1-3H3;1H3,(H,3,4). The van der Waals surface area contributed by atoms with Gasteiger partial charge in [-0.1, -0.05) is 48.5 Å². The third-order valence-electron chi connectivity index (χ3n) is 3.82. The number of nitrogens with zero attached hydrogens (tertiary/aromatic N) is 1. The van der Waals surface area contributed by atoms with Crippen LogP contribution < -0.4 is 0 Å². The first-order valence-corrected chi connectivity index (χ1v) is 8.93. The van der Waals surface area contributed by atoms with Gasteiger partial charge in [0.15, 0.2) is 5.78 Å². The number of carboxylic acid groups (broad SMARTS) is 1. The predicted molar refractivity (Wildman–Crippen MR) is 108 cm³/mol. The summed E-state index contributed by atoms with van der Waals surface area (Å²) in [6.45, 7) is 3.92. The third-order valence-corrected chi connectivity index (χ3v) is 3.82. The molecule has 0 amide bonds. The Morgan fingerprint density at radius 2 is 1.57 bits per heavy atom. The van der Waals surface area contributed by atoms with Crippen LogP contribution in [0.4, 0.5) is 0 Å². The lowest BCUT2D eigenvalue weighted by Gasteiger charge is -2.14. The molecule has 0 radical (unpaired) electrons. The molecule has 6 heteroatoms. The summed E-state index contributed by atoms with van der Waals surface area (Å²) >= 11 is 0. The fraction of sp³-hybridized carbons (Fsp3) is 0.318. The second-order valence-corrected chi connectivity index (χ2v) is 6.53. The number of aliphatic carboxylic acids is 1. The lowest BCUT2D eigenvalue weighted by molar-refractivity contribution is -0.145. The van der Waals surface area contributed by atoms with Gasteiger partial charge in [-0.25, -0.2) is 0 Å². The zero-order valence-electron chi connectivity index (χ0n) is 16.7. The normalized spacial score (nSPS) is 11.2. The van der Waals surface area contributed by atoms with Gasteiger partial charge in [-0.05, 0) is 32.6 Å². The number of benzene rings is 2. The van der Waals surface area contributed by atoms with Crippen molar-refractivity contribution in [2.45, 2.75) is 19.8 Å². The Morgan fingerprint density at radius 3 is 2.14 bits per heavy atom. The van der Waals surface area contributed by atoms with Crippen molar-refractivity contribution in [1.82, 2.24) is 4.90 Å². The van der Waals surface area contributed by atoms with E-state index >= 15 is 0 Å². The van der Waals surface area contributed by atoms with E-state index in [2.05, 4.69) is 0 Å². The van der Waals surface area contributed by atoms with Gasteiger partial charge < -0.3 is 14.7 Å². The monoisotopic (exact) mass is 385 g/mol. The summed E-state index contributed by atoms with van der Waals surface area (Å²) < 4.78 is 5.29. The van der Waals surface area contributed by atoms with Crippen molar-refractivity contribution < 1.29 is 24.2 Å². The van der Waals surface area contributed by atoms with Gasteiger partial charge in [-0.2, -0.15) is 0 Å². The molecule has 0 spiro atoms. The van der Waals surface area contributed by atoms with Gasteiger partial charge in [0.1, 0.15) is 6.61 Å². The quantitative estimate of drug-likeness (QED) is 0.582. The Bertz CT molecular complexity index is 783. The van der Waals surface area contributed by atoms with Gasteiger partial charge in [0.05, 0.1) is 5.92 Å². The maximum absolute atomic E-state index is 12.5. The second-order valence-electron chi connectivity index (χ2n) is 6.53. The summed E-state index contributed by atoms with van der Waals surface area (Å²) in [6.07, 6.45) is 0. The van der Waals surface area contributed by atoms with E-state index in [0.29, 0.717) is 24.3 Å². The number of hydrogen-bond donors (Lipinski definition) is 1. The van der Waals surface area contributed by atoms with Gasteiger partial charge in [-0.3, -0.25) is 14.4 Å². The minimum absolute atomic E-state index is 0.0503. The van der Waals surface area contributed by atoms with Crippen LogP contribution in [0, 0.1) is 0 Å². The molecular weight excluding hydrogens is 358 g/mol. The number of hydrogen-bond acceptors (Lipinski definition) is 5. The highest BCUT2D eigenvalue weighted by Crippen LogP contribution is 2.20. The van der Waals surface area contributed by atoms with E-state index in [1.54, 1.807) is 37.3 Å². The van der Waals surface area contributed by atoms with Crippen LogP contribution in [-0.4, -0.2) is 55.0 Å². The average Bonchev–Trinajstić information content (AvgIpc) is 2.66. The summed E-state index contributed by atoms with van der Waals surface area (Å²) in [5.41, 5.74) is 1.99. The highest BCUT2D eigenvalue weighted by molar-refractivity contribution is 6.09. The predicted octanol–water partition coefficient (Wildman–Crippen LogP) is 3.22. The van der Waals surface area contributed by atoms with Gasteiger partial charge in [0, 0.05) is 24.6 Å². The number of ketones is 1.